The first kappa shape index (κ1) is 19.5. The number of nitrogens with one attached hydrogen (secondary N) is 1. The molecule has 0 bridgehead atoms. The van der Waals surface area contributed by atoms with Crippen LogP contribution in [0.15, 0.2) is 42.5 Å². The predicted molar refractivity (Wildman–Crippen MR) is 97.0 cm³/mol. The van der Waals surface area contributed by atoms with E-state index in [0.717, 1.165) is 6.26 Å². The third-order valence-corrected chi connectivity index (χ3v) is 4.08. The zero-order chi connectivity index (χ0) is 19.3. The maximum Gasteiger partial charge on any atom is 0.340 e. The number of esters is 1. The van der Waals surface area contributed by atoms with Gasteiger partial charge in [-0.1, -0.05) is 12.1 Å². The molecule has 2 rings (SSSR count). The fraction of sp³-hybridized carbons (Fsp3) is 0.222. The van der Waals surface area contributed by atoms with E-state index < -0.39 is 16.0 Å². The molecular formula is C18H19NO6S. The number of hydrogen-bond acceptors (Lipinski definition) is 6. The highest BCUT2D eigenvalue weighted by Crippen LogP contribution is 2.23. The van der Waals surface area contributed by atoms with Crippen molar-refractivity contribution < 1.29 is 27.5 Å². The second kappa shape index (κ2) is 8.01. The van der Waals surface area contributed by atoms with Crippen LogP contribution >= 0.6 is 0 Å². The van der Waals surface area contributed by atoms with Gasteiger partial charge in [0.2, 0.25) is 10.0 Å². The summed E-state index contributed by atoms with van der Waals surface area (Å²) in [6.45, 7) is 1.31. The van der Waals surface area contributed by atoms with E-state index in [2.05, 4.69) is 4.72 Å². The van der Waals surface area contributed by atoms with E-state index in [1.54, 1.807) is 30.3 Å². The molecule has 0 unspecified atom stereocenters. The Labute approximate surface area is 152 Å². The number of benzene rings is 2. The van der Waals surface area contributed by atoms with Crippen molar-refractivity contribution in [2.24, 2.45) is 0 Å². The Morgan fingerprint density at radius 1 is 1.12 bits per heavy atom. The van der Waals surface area contributed by atoms with Crippen molar-refractivity contribution >= 4 is 27.5 Å². The van der Waals surface area contributed by atoms with E-state index >= 15 is 0 Å². The number of rotatable bonds is 7. The predicted octanol–water partition coefficient (Wildman–Crippen LogP) is 2.63. The highest BCUT2D eigenvalue weighted by atomic mass is 32.2. The number of sulfonamides is 1. The molecule has 0 spiro atoms. The first-order valence-corrected chi connectivity index (χ1v) is 9.52. The second-order valence-electron chi connectivity index (χ2n) is 5.58. The highest BCUT2D eigenvalue weighted by molar-refractivity contribution is 7.92. The van der Waals surface area contributed by atoms with Crippen LogP contribution < -0.4 is 9.46 Å². The Morgan fingerprint density at radius 2 is 1.81 bits per heavy atom. The van der Waals surface area contributed by atoms with Gasteiger partial charge in [0.15, 0.2) is 5.78 Å². The number of hydrogen-bond donors (Lipinski definition) is 1. The van der Waals surface area contributed by atoms with Crippen LogP contribution in [0.3, 0.4) is 0 Å². The second-order valence-corrected chi connectivity index (χ2v) is 7.33. The van der Waals surface area contributed by atoms with Crippen LogP contribution in [-0.4, -0.2) is 33.5 Å². The van der Waals surface area contributed by atoms with Crippen LogP contribution in [0.1, 0.15) is 33.2 Å². The zero-order valence-corrected chi connectivity index (χ0v) is 15.4. The van der Waals surface area contributed by atoms with Crippen LogP contribution in [0.25, 0.3) is 0 Å². The van der Waals surface area contributed by atoms with E-state index in [1.807, 2.05) is 0 Å². The molecule has 0 aromatic heterocycles. The maximum atomic E-state index is 12.4. The third-order valence-electron chi connectivity index (χ3n) is 3.49. The zero-order valence-electron chi connectivity index (χ0n) is 14.6. The fourth-order valence-electron chi connectivity index (χ4n) is 2.28. The summed E-state index contributed by atoms with van der Waals surface area (Å²) in [5.41, 5.74) is 1.21. The summed E-state index contributed by atoms with van der Waals surface area (Å²) in [6.07, 6.45) is 0.993. The number of para-hydroxylation sites is 1. The van der Waals surface area contributed by atoms with Crippen LogP contribution in [0.5, 0.6) is 5.75 Å². The molecule has 0 aliphatic heterocycles. The number of ether oxygens (including phenoxy) is 2. The molecule has 0 aliphatic carbocycles. The topological polar surface area (TPSA) is 98.8 Å². The van der Waals surface area contributed by atoms with Crippen LogP contribution in [0.4, 0.5) is 5.69 Å². The van der Waals surface area contributed by atoms with Crippen molar-refractivity contribution in [1.29, 1.82) is 0 Å². The lowest BCUT2D eigenvalue weighted by Gasteiger charge is -2.12. The van der Waals surface area contributed by atoms with E-state index in [0.29, 0.717) is 16.9 Å². The van der Waals surface area contributed by atoms with E-state index in [9.17, 15) is 18.0 Å². The lowest BCUT2D eigenvalue weighted by Crippen LogP contribution is -2.14. The number of carbonyl (C=O) groups excluding carboxylic acids is 2. The molecule has 0 fully saturated rings. The molecule has 0 aliphatic rings. The van der Waals surface area contributed by atoms with Crippen molar-refractivity contribution in [2.45, 2.75) is 13.5 Å². The molecule has 26 heavy (non-hydrogen) atoms. The Morgan fingerprint density at radius 3 is 2.42 bits per heavy atom. The van der Waals surface area contributed by atoms with E-state index in [4.69, 9.17) is 9.47 Å². The summed E-state index contributed by atoms with van der Waals surface area (Å²) in [6, 6.07) is 11.0. The van der Waals surface area contributed by atoms with E-state index in [-0.39, 0.29) is 23.6 Å². The molecule has 0 saturated heterocycles. The highest BCUT2D eigenvalue weighted by Gasteiger charge is 2.16. The third kappa shape index (κ3) is 5.06. The minimum absolute atomic E-state index is 0.0830. The number of methoxy groups -OCH3 is 1. The average molecular weight is 377 g/mol. The molecule has 0 atom stereocenters. The summed E-state index contributed by atoms with van der Waals surface area (Å²) in [5.74, 6) is -0.347. The Bertz CT molecular complexity index is 936. The summed E-state index contributed by atoms with van der Waals surface area (Å²) < 4.78 is 35.6. The van der Waals surface area contributed by atoms with Gasteiger partial charge in [0.05, 0.1) is 24.6 Å². The van der Waals surface area contributed by atoms with Crippen molar-refractivity contribution in [3.63, 3.8) is 0 Å². The van der Waals surface area contributed by atoms with Gasteiger partial charge in [-0.15, -0.1) is 0 Å². The van der Waals surface area contributed by atoms with Crippen molar-refractivity contribution in [3.05, 3.63) is 59.2 Å². The average Bonchev–Trinajstić information content (AvgIpc) is 2.58. The number of ketones is 1. The molecule has 0 heterocycles. The number of Topliss-reactive ketones (excluding diaryl/α,β-unsaturated/α-hetero) is 1. The van der Waals surface area contributed by atoms with Crippen molar-refractivity contribution in [2.75, 3.05) is 18.1 Å². The summed E-state index contributed by atoms with van der Waals surface area (Å²) in [5, 5.41) is 0. The normalized spacial score (nSPS) is 10.9. The lowest BCUT2D eigenvalue weighted by molar-refractivity contribution is 0.0471. The molecule has 138 valence electrons. The molecule has 0 radical (unpaired) electrons. The summed E-state index contributed by atoms with van der Waals surface area (Å²) in [7, 11) is -2.07. The van der Waals surface area contributed by atoms with Crippen LogP contribution in [0, 0.1) is 0 Å². The summed E-state index contributed by atoms with van der Waals surface area (Å²) >= 11 is 0. The first-order valence-electron chi connectivity index (χ1n) is 7.63. The summed E-state index contributed by atoms with van der Waals surface area (Å²) in [4.78, 5) is 23.9. The van der Waals surface area contributed by atoms with Crippen LogP contribution in [0.2, 0.25) is 0 Å². The van der Waals surface area contributed by atoms with Gasteiger partial charge in [-0.2, -0.15) is 0 Å². The van der Waals surface area contributed by atoms with Gasteiger partial charge < -0.3 is 9.47 Å². The molecule has 2 aromatic rings. The van der Waals surface area contributed by atoms with Gasteiger partial charge in [-0.05, 0) is 37.3 Å². The van der Waals surface area contributed by atoms with Crippen LogP contribution in [-0.2, 0) is 21.4 Å². The monoisotopic (exact) mass is 377 g/mol. The fourth-order valence-corrected chi connectivity index (χ4v) is 2.86. The van der Waals surface area contributed by atoms with Gasteiger partial charge in [0, 0.05) is 11.1 Å². The van der Waals surface area contributed by atoms with Gasteiger partial charge >= 0.3 is 5.97 Å². The maximum absolute atomic E-state index is 12.4. The van der Waals surface area contributed by atoms with E-state index in [1.165, 1.54) is 26.2 Å². The minimum Gasteiger partial charge on any atom is -0.496 e. The van der Waals surface area contributed by atoms with Crippen molar-refractivity contribution in [3.8, 4) is 5.75 Å². The quantitative estimate of drug-likeness (QED) is 0.588. The largest absolute Gasteiger partial charge is 0.496 e. The molecule has 8 heteroatoms. The Hall–Kier alpha value is -2.87. The first-order chi connectivity index (χ1) is 12.2. The molecule has 7 nitrogen and oxygen atoms in total. The van der Waals surface area contributed by atoms with Gasteiger partial charge in [0.25, 0.3) is 0 Å². The molecule has 0 amide bonds. The molecule has 2 aromatic carbocycles. The van der Waals surface area contributed by atoms with Crippen molar-refractivity contribution in [1.82, 2.24) is 0 Å². The molecular weight excluding hydrogens is 358 g/mol. The standard InChI is InChI=1S/C18H19NO6S/c1-12(20)13-8-9-17(24-2)14(10-13)11-25-18(21)15-6-4-5-7-16(15)19-26(3,22)23/h4-10,19H,11H2,1-3H3. The van der Waals surface area contributed by atoms with Gasteiger partial charge in [-0.3, -0.25) is 9.52 Å². The molecule has 0 saturated carbocycles. The number of anilines is 1. The van der Waals surface area contributed by atoms with Gasteiger partial charge in [-0.25, -0.2) is 13.2 Å². The minimum atomic E-state index is -3.54. The van der Waals surface area contributed by atoms with Gasteiger partial charge in [0.1, 0.15) is 12.4 Å². The lowest BCUT2D eigenvalue weighted by atomic mass is 10.1. The Balaban J connectivity index is 2.22. The molecule has 1 N–H and O–H groups in total. The SMILES string of the molecule is COc1ccc(C(C)=O)cc1COC(=O)c1ccccc1NS(C)(=O)=O. The Kier molecular flexibility index (Phi) is 5.99. The number of carbonyl (C=O) groups is 2. The smallest absolute Gasteiger partial charge is 0.340 e.